The SMILES string of the molecule is C=N/C=C(\C=C/CC=O)c1cc(C)c(C)c(NCC)c1. The highest BCUT2D eigenvalue weighted by molar-refractivity contribution is 5.78. The van der Waals surface area contributed by atoms with Gasteiger partial charge in [-0.25, -0.2) is 0 Å². The minimum absolute atomic E-state index is 0.402. The Balaban J connectivity index is 3.23. The third-order valence-corrected chi connectivity index (χ3v) is 3.13. The van der Waals surface area contributed by atoms with E-state index in [0.29, 0.717) is 6.42 Å². The molecule has 1 aromatic carbocycles. The van der Waals surface area contributed by atoms with E-state index in [0.717, 1.165) is 29.7 Å². The van der Waals surface area contributed by atoms with E-state index in [9.17, 15) is 4.79 Å². The second kappa shape index (κ2) is 8.10. The first-order valence-corrected chi connectivity index (χ1v) is 6.75. The van der Waals surface area contributed by atoms with Crippen molar-refractivity contribution in [3.8, 4) is 0 Å². The van der Waals surface area contributed by atoms with Gasteiger partial charge in [0.2, 0.25) is 0 Å². The van der Waals surface area contributed by atoms with Crippen LogP contribution in [0.5, 0.6) is 0 Å². The molecule has 1 aromatic rings. The Hall–Kier alpha value is -2.16. The zero-order chi connectivity index (χ0) is 15.0. The van der Waals surface area contributed by atoms with Crippen LogP contribution in [0.3, 0.4) is 0 Å². The van der Waals surface area contributed by atoms with Gasteiger partial charge in [-0.1, -0.05) is 18.2 Å². The normalized spacial score (nSPS) is 11.7. The molecule has 0 unspecified atom stereocenters. The second-order valence-electron chi connectivity index (χ2n) is 4.57. The van der Waals surface area contributed by atoms with Gasteiger partial charge >= 0.3 is 0 Å². The number of carbonyl (C=O) groups excluding carboxylic acids is 1. The predicted molar refractivity (Wildman–Crippen MR) is 87.4 cm³/mol. The van der Waals surface area contributed by atoms with Crippen LogP contribution in [-0.4, -0.2) is 19.5 Å². The molecule has 20 heavy (non-hydrogen) atoms. The van der Waals surface area contributed by atoms with Crippen LogP contribution in [0.2, 0.25) is 0 Å². The van der Waals surface area contributed by atoms with Crippen LogP contribution in [0.1, 0.15) is 30.0 Å². The summed E-state index contributed by atoms with van der Waals surface area (Å²) in [5.41, 5.74) is 5.61. The third kappa shape index (κ3) is 4.19. The number of nitrogens with one attached hydrogen (secondary N) is 1. The van der Waals surface area contributed by atoms with Crippen molar-refractivity contribution in [2.45, 2.75) is 27.2 Å². The Morgan fingerprint density at radius 2 is 2.15 bits per heavy atom. The van der Waals surface area contributed by atoms with E-state index in [-0.39, 0.29) is 0 Å². The van der Waals surface area contributed by atoms with E-state index in [1.807, 2.05) is 12.2 Å². The minimum Gasteiger partial charge on any atom is -0.385 e. The van der Waals surface area contributed by atoms with E-state index in [4.69, 9.17) is 0 Å². The van der Waals surface area contributed by atoms with Gasteiger partial charge in [-0.2, -0.15) is 0 Å². The van der Waals surface area contributed by atoms with Crippen molar-refractivity contribution in [2.75, 3.05) is 11.9 Å². The van der Waals surface area contributed by atoms with Gasteiger partial charge in [-0.15, -0.1) is 0 Å². The molecule has 1 rings (SSSR count). The molecule has 3 heteroatoms. The Morgan fingerprint density at radius 1 is 1.40 bits per heavy atom. The molecule has 0 saturated carbocycles. The number of benzene rings is 1. The molecule has 0 aliphatic rings. The summed E-state index contributed by atoms with van der Waals surface area (Å²) in [5, 5.41) is 3.37. The summed E-state index contributed by atoms with van der Waals surface area (Å²) < 4.78 is 0. The lowest BCUT2D eigenvalue weighted by molar-refractivity contribution is -0.107. The molecule has 0 atom stereocenters. The average molecular weight is 270 g/mol. The Morgan fingerprint density at radius 3 is 2.75 bits per heavy atom. The number of allylic oxidation sites excluding steroid dienone is 3. The summed E-state index contributed by atoms with van der Waals surface area (Å²) in [6.07, 6.45) is 6.72. The fourth-order valence-corrected chi connectivity index (χ4v) is 1.96. The number of aliphatic imine (C=N–C) groups is 1. The van der Waals surface area contributed by atoms with Crippen molar-refractivity contribution >= 4 is 24.3 Å². The lowest BCUT2D eigenvalue weighted by Crippen LogP contribution is -2.01. The minimum atomic E-state index is 0.402. The largest absolute Gasteiger partial charge is 0.385 e. The highest BCUT2D eigenvalue weighted by Gasteiger charge is 2.06. The van der Waals surface area contributed by atoms with Gasteiger partial charge in [0.25, 0.3) is 0 Å². The molecular formula is C17H22N2O. The standard InChI is InChI=1S/C17H22N2O/c1-5-19-17-11-16(10-13(2)14(17)3)15(12-18-4)8-6-7-9-20/h6,8-12,19H,4-5,7H2,1-3H3/b8-6-,15-12+. The van der Waals surface area contributed by atoms with Crippen LogP contribution in [0.15, 0.2) is 35.5 Å². The van der Waals surface area contributed by atoms with Crippen LogP contribution in [0, 0.1) is 13.8 Å². The summed E-state index contributed by atoms with van der Waals surface area (Å²) >= 11 is 0. The first kappa shape index (κ1) is 15.9. The molecule has 3 nitrogen and oxygen atoms in total. The van der Waals surface area contributed by atoms with Crippen molar-refractivity contribution in [3.63, 3.8) is 0 Å². The number of anilines is 1. The Kier molecular flexibility index (Phi) is 6.44. The van der Waals surface area contributed by atoms with E-state index in [1.165, 1.54) is 11.1 Å². The van der Waals surface area contributed by atoms with Gasteiger partial charge in [0, 0.05) is 24.9 Å². The second-order valence-corrected chi connectivity index (χ2v) is 4.57. The number of carbonyl (C=O) groups is 1. The van der Waals surface area contributed by atoms with Crippen molar-refractivity contribution in [1.29, 1.82) is 0 Å². The van der Waals surface area contributed by atoms with Gasteiger partial charge in [-0.3, -0.25) is 4.99 Å². The van der Waals surface area contributed by atoms with Gasteiger partial charge < -0.3 is 10.1 Å². The molecule has 0 spiro atoms. The summed E-state index contributed by atoms with van der Waals surface area (Å²) in [5.74, 6) is 0. The molecule has 106 valence electrons. The first-order chi connectivity index (χ1) is 9.63. The predicted octanol–water partition coefficient (Wildman–Crippen LogP) is 3.92. The van der Waals surface area contributed by atoms with Gasteiger partial charge in [0.05, 0.1) is 0 Å². The van der Waals surface area contributed by atoms with Crippen LogP contribution >= 0.6 is 0 Å². The quantitative estimate of drug-likeness (QED) is 0.463. The van der Waals surface area contributed by atoms with Gasteiger partial charge in [0.15, 0.2) is 0 Å². The summed E-state index contributed by atoms with van der Waals surface area (Å²) in [4.78, 5) is 14.2. The zero-order valence-corrected chi connectivity index (χ0v) is 12.4. The molecule has 0 heterocycles. The van der Waals surface area contributed by atoms with E-state index in [1.54, 1.807) is 6.20 Å². The molecular weight excluding hydrogens is 248 g/mol. The lowest BCUT2D eigenvalue weighted by atomic mass is 9.98. The fourth-order valence-electron chi connectivity index (χ4n) is 1.96. The number of aryl methyl sites for hydroxylation is 1. The smallest absolute Gasteiger partial charge is 0.123 e. The Labute approximate surface area is 121 Å². The number of hydrogen-bond acceptors (Lipinski definition) is 3. The molecule has 0 bridgehead atoms. The van der Waals surface area contributed by atoms with Crippen LogP contribution < -0.4 is 5.32 Å². The number of nitrogens with zero attached hydrogens (tertiary/aromatic N) is 1. The average Bonchev–Trinajstić information content (AvgIpc) is 2.43. The molecule has 1 N–H and O–H groups in total. The highest BCUT2D eigenvalue weighted by atomic mass is 16.1. The van der Waals surface area contributed by atoms with Crippen LogP contribution in [0.4, 0.5) is 5.69 Å². The highest BCUT2D eigenvalue weighted by Crippen LogP contribution is 2.26. The molecule has 0 amide bonds. The van der Waals surface area contributed by atoms with Gasteiger partial charge in [-0.05, 0) is 55.8 Å². The summed E-state index contributed by atoms with van der Waals surface area (Å²) in [7, 11) is 0. The van der Waals surface area contributed by atoms with Crippen LogP contribution in [0.25, 0.3) is 5.57 Å². The fraction of sp³-hybridized carbons (Fsp3) is 0.294. The maximum Gasteiger partial charge on any atom is 0.123 e. The number of hydrogen-bond donors (Lipinski definition) is 1. The van der Waals surface area contributed by atoms with E-state index in [2.05, 4.69) is 49.9 Å². The molecule has 0 fully saturated rings. The molecule has 0 aromatic heterocycles. The molecule has 0 aliphatic heterocycles. The number of rotatable bonds is 7. The topological polar surface area (TPSA) is 41.5 Å². The van der Waals surface area contributed by atoms with Gasteiger partial charge in [0.1, 0.15) is 6.29 Å². The molecule has 0 radical (unpaired) electrons. The monoisotopic (exact) mass is 270 g/mol. The van der Waals surface area contributed by atoms with Crippen molar-refractivity contribution in [2.24, 2.45) is 4.99 Å². The number of aldehydes is 1. The first-order valence-electron chi connectivity index (χ1n) is 6.75. The van der Waals surface area contributed by atoms with Crippen molar-refractivity contribution < 1.29 is 4.79 Å². The summed E-state index contributed by atoms with van der Waals surface area (Å²) in [6, 6.07) is 4.23. The van der Waals surface area contributed by atoms with E-state index < -0.39 is 0 Å². The van der Waals surface area contributed by atoms with Crippen LogP contribution in [-0.2, 0) is 4.79 Å². The maximum absolute atomic E-state index is 10.4. The third-order valence-electron chi connectivity index (χ3n) is 3.13. The van der Waals surface area contributed by atoms with E-state index >= 15 is 0 Å². The van der Waals surface area contributed by atoms with Crippen molar-refractivity contribution in [3.05, 3.63) is 47.2 Å². The molecule has 0 aliphatic carbocycles. The maximum atomic E-state index is 10.4. The lowest BCUT2D eigenvalue weighted by Gasteiger charge is -2.13. The summed E-state index contributed by atoms with van der Waals surface area (Å²) in [6.45, 7) is 10.7. The zero-order valence-electron chi connectivity index (χ0n) is 12.4. The van der Waals surface area contributed by atoms with Crippen molar-refractivity contribution in [1.82, 2.24) is 0 Å². The Bertz CT molecular complexity index is 542. The molecule has 0 saturated heterocycles.